The van der Waals surface area contributed by atoms with E-state index < -0.39 is 77.2 Å². The Labute approximate surface area is 271 Å². The van der Waals surface area contributed by atoms with E-state index in [2.05, 4.69) is 27.7 Å². The van der Waals surface area contributed by atoms with E-state index in [1.807, 2.05) is 0 Å². The molecule has 8 fully saturated rings. The van der Waals surface area contributed by atoms with Crippen molar-refractivity contribution in [3.8, 4) is 0 Å². The Bertz CT molecular complexity index is 1260. The van der Waals surface area contributed by atoms with Gasteiger partial charge < -0.3 is 54.7 Å². The Morgan fingerprint density at radius 1 is 0.870 bits per heavy atom. The van der Waals surface area contributed by atoms with Gasteiger partial charge in [-0.15, -0.1) is 0 Å². The normalized spacial score (nSPS) is 61.6. The summed E-state index contributed by atoms with van der Waals surface area (Å²) >= 11 is 0. The van der Waals surface area contributed by atoms with E-state index >= 15 is 0 Å². The molecule has 0 aromatic heterocycles. The summed E-state index contributed by atoms with van der Waals surface area (Å²) in [5.41, 5.74) is -3.28. The molecule has 5 aliphatic carbocycles. The molecule has 18 atom stereocenters. The monoisotopic (exact) mass is 652 g/mol. The minimum Gasteiger partial charge on any atom is -0.396 e. The highest BCUT2D eigenvalue weighted by Gasteiger charge is 2.90. The third kappa shape index (κ3) is 3.58. The van der Waals surface area contributed by atoms with Crippen molar-refractivity contribution in [3.05, 3.63) is 0 Å². The first kappa shape index (κ1) is 32.7. The predicted molar refractivity (Wildman–Crippen MR) is 162 cm³/mol. The lowest BCUT2D eigenvalue weighted by Crippen LogP contribution is -2.64. The van der Waals surface area contributed by atoms with Gasteiger partial charge >= 0.3 is 0 Å². The molecule has 0 aromatic carbocycles. The summed E-state index contributed by atoms with van der Waals surface area (Å²) in [5.74, 6) is -1.73. The second-order valence-corrected chi connectivity index (χ2v) is 18.3. The summed E-state index contributed by atoms with van der Waals surface area (Å²) < 4.78 is 25.5. The zero-order valence-electron chi connectivity index (χ0n) is 28.1. The number of aliphatic hydroxyl groups excluding tert-OH is 6. The third-order valence-electron chi connectivity index (χ3n) is 16.0. The standard InChI is InChI=1S/C35H56O11/c1-29(2)19-7-8-20-31(5)28(41)35-25(16(13-36)11-18(45-35)26(46-35)30(3,4)42)32(31,6)21(38)12-34(20)15-33(19,34)10-9-22(29)44-27-24(40)23(39)17(37)14-43-27/h16-28,36-42H,7-15H2,1-6H3/t16-,17-,18-,19+,20-,21+,22-,23-,24+,25+,26+,27-,28+,31+,32+,33+,34-,35-/m0/s1. The first-order valence-electron chi connectivity index (χ1n) is 17.7. The van der Waals surface area contributed by atoms with Crippen molar-refractivity contribution in [2.24, 2.45) is 50.7 Å². The van der Waals surface area contributed by atoms with E-state index in [4.69, 9.17) is 18.9 Å². The SMILES string of the molecule is CC(C)(O)[C@@H]1O[C@@]23O[C@H]1C[C@@H](CO)[C@@H]2[C@@]1(C)[C@H](O)C[C@@]24C[C@@]25CC[C@H](O[C@@H]2OC[C@H](O)[C@H](O)[C@H]2O)C(C)(C)[C@H]5CC[C@H]4[C@]1(C)[C@H]3O. The van der Waals surface area contributed by atoms with Gasteiger partial charge in [-0.1, -0.05) is 27.7 Å². The molecule has 3 saturated heterocycles. The average Bonchev–Trinajstić information content (AvgIpc) is 3.48. The number of fused-ring (bicyclic) bond motifs is 4. The molecule has 8 rings (SSSR count). The predicted octanol–water partition coefficient (Wildman–Crippen LogP) is 1.06. The smallest absolute Gasteiger partial charge is 0.199 e. The van der Waals surface area contributed by atoms with Gasteiger partial charge in [0.1, 0.15) is 30.5 Å². The fourth-order valence-electron chi connectivity index (χ4n) is 13.9. The molecule has 5 saturated carbocycles. The summed E-state index contributed by atoms with van der Waals surface area (Å²) in [7, 11) is 0. The van der Waals surface area contributed by atoms with Gasteiger partial charge in [0.05, 0.1) is 30.5 Å². The number of hydrogen-bond donors (Lipinski definition) is 7. The van der Waals surface area contributed by atoms with Gasteiger partial charge in [0.15, 0.2) is 12.1 Å². The molecular weight excluding hydrogens is 596 g/mol. The number of rotatable bonds is 4. The molecule has 0 aromatic rings. The topological polar surface area (TPSA) is 179 Å². The summed E-state index contributed by atoms with van der Waals surface area (Å²) in [4.78, 5) is 0. The summed E-state index contributed by atoms with van der Waals surface area (Å²) in [6.45, 7) is 11.9. The summed E-state index contributed by atoms with van der Waals surface area (Å²) in [6.07, 6.45) is -2.52. The van der Waals surface area contributed by atoms with Gasteiger partial charge in [0.2, 0.25) is 0 Å². The van der Waals surface area contributed by atoms with Crippen LogP contribution in [0.15, 0.2) is 0 Å². The first-order chi connectivity index (χ1) is 21.4. The van der Waals surface area contributed by atoms with Crippen molar-refractivity contribution in [3.63, 3.8) is 0 Å². The highest BCUT2D eigenvalue weighted by atomic mass is 16.8. The van der Waals surface area contributed by atoms with Gasteiger partial charge in [0, 0.05) is 23.4 Å². The van der Waals surface area contributed by atoms with Gasteiger partial charge in [-0.3, -0.25) is 0 Å². The van der Waals surface area contributed by atoms with Gasteiger partial charge in [-0.2, -0.15) is 0 Å². The van der Waals surface area contributed by atoms with Crippen molar-refractivity contribution in [1.29, 1.82) is 0 Å². The van der Waals surface area contributed by atoms with Gasteiger partial charge in [-0.05, 0) is 92.8 Å². The zero-order valence-corrected chi connectivity index (χ0v) is 28.1. The molecule has 11 heteroatoms. The minimum absolute atomic E-state index is 0.0383. The van der Waals surface area contributed by atoms with Crippen LogP contribution in [0.4, 0.5) is 0 Å². The molecule has 3 heterocycles. The maximum Gasteiger partial charge on any atom is 0.199 e. The number of hydrogen-bond acceptors (Lipinski definition) is 11. The van der Waals surface area contributed by atoms with Crippen LogP contribution < -0.4 is 0 Å². The lowest BCUT2D eigenvalue weighted by atomic mass is 9.40. The van der Waals surface area contributed by atoms with E-state index in [0.29, 0.717) is 12.8 Å². The van der Waals surface area contributed by atoms with E-state index in [-0.39, 0.29) is 53.3 Å². The molecule has 0 radical (unpaired) electrons. The largest absolute Gasteiger partial charge is 0.396 e. The van der Waals surface area contributed by atoms with E-state index in [9.17, 15) is 35.7 Å². The van der Waals surface area contributed by atoms with E-state index in [0.717, 1.165) is 32.1 Å². The lowest BCUT2D eigenvalue weighted by Gasteiger charge is -2.65. The fraction of sp³-hybridized carbons (Fsp3) is 1.00. The van der Waals surface area contributed by atoms with Crippen molar-refractivity contribution in [2.75, 3.05) is 13.2 Å². The summed E-state index contributed by atoms with van der Waals surface area (Å²) in [5, 5.41) is 77.8. The Balaban J connectivity index is 1.13. The molecule has 0 amide bonds. The van der Waals surface area contributed by atoms with Crippen molar-refractivity contribution < 1.29 is 54.7 Å². The zero-order chi connectivity index (χ0) is 33.2. The first-order valence-corrected chi connectivity index (χ1v) is 17.7. The van der Waals surface area contributed by atoms with Crippen LogP contribution in [0.1, 0.15) is 86.5 Å². The fourth-order valence-corrected chi connectivity index (χ4v) is 13.9. The van der Waals surface area contributed by atoms with E-state index in [1.165, 1.54) is 0 Å². The van der Waals surface area contributed by atoms with Crippen LogP contribution >= 0.6 is 0 Å². The van der Waals surface area contributed by atoms with Gasteiger partial charge in [0.25, 0.3) is 0 Å². The molecule has 2 bridgehead atoms. The highest BCUT2D eigenvalue weighted by Crippen LogP contribution is 2.90. The molecule has 0 unspecified atom stereocenters. The molecule has 11 nitrogen and oxygen atoms in total. The van der Waals surface area contributed by atoms with Gasteiger partial charge in [-0.25, -0.2) is 0 Å². The maximum atomic E-state index is 12.7. The average molecular weight is 653 g/mol. The molecule has 262 valence electrons. The lowest BCUT2D eigenvalue weighted by molar-refractivity contribution is -0.304. The second kappa shape index (κ2) is 9.66. The van der Waals surface area contributed by atoms with Crippen LogP contribution in [0, 0.1) is 50.7 Å². The molecule has 3 aliphatic heterocycles. The minimum atomic E-state index is -1.42. The Hall–Kier alpha value is -0.440. The second-order valence-electron chi connectivity index (χ2n) is 18.3. The van der Waals surface area contributed by atoms with Crippen LogP contribution in [-0.4, -0.2) is 115 Å². The van der Waals surface area contributed by atoms with Crippen LogP contribution in [0.25, 0.3) is 0 Å². The van der Waals surface area contributed by atoms with Crippen LogP contribution in [0.3, 0.4) is 0 Å². The molecule has 46 heavy (non-hydrogen) atoms. The van der Waals surface area contributed by atoms with Crippen LogP contribution in [0.5, 0.6) is 0 Å². The quantitative estimate of drug-likeness (QED) is 0.216. The molecule has 3 spiro atoms. The van der Waals surface area contributed by atoms with Crippen molar-refractivity contribution in [1.82, 2.24) is 0 Å². The van der Waals surface area contributed by atoms with Crippen molar-refractivity contribution >= 4 is 0 Å². The molecule has 8 aliphatic rings. The Kier molecular flexibility index (Phi) is 6.88. The Morgan fingerprint density at radius 2 is 1.57 bits per heavy atom. The Morgan fingerprint density at radius 3 is 2.24 bits per heavy atom. The maximum absolute atomic E-state index is 12.7. The van der Waals surface area contributed by atoms with Crippen molar-refractivity contribution in [2.45, 2.75) is 153 Å². The highest BCUT2D eigenvalue weighted by molar-refractivity contribution is 5.36. The number of ether oxygens (including phenoxy) is 4. The summed E-state index contributed by atoms with van der Waals surface area (Å²) in [6, 6.07) is 0. The van der Waals surface area contributed by atoms with Crippen LogP contribution in [-0.2, 0) is 18.9 Å². The third-order valence-corrected chi connectivity index (χ3v) is 16.0. The molecular formula is C35H56O11. The molecule has 7 N–H and O–H groups in total. The van der Waals surface area contributed by atoms with E-state index in [1.54, 1.807) is 13.8 Å². The number of aliphatic hydroxyl groups is 7. The van der Waals surface area contributed by atoms with Crippen LogP contribution in [0.2, 0.25) is 0 Å².